The predicted octanol–water partition coefficient (Wildman–Crippen LogP) is 6.91. The van der Waals surface area contributed by atoms with E-state index in [1.807, 2.05) is 0 Å². The van der Waals surface area contributed by atoms with Crippen molar-refractivity contribution in [2.75, 3.05) is 0 Å². The zero-order valence-corrected chi connectivity index (χ0v) is 11.7. The molecule has 0 aromatic heterocycles. The van der Waals surface area contributed by atoms with Gasteiger partial charge in [0.2, 0.25) is 0 Å². The van der Waals surface area contributed by atoms with Gasteiger partial charge in [0.15, 0.2) is 0 Å². The summed E-state index contributed by atoms with van der Waals surface area (Å²) >= 11 is 0. The van der Waals surface area contributed by atoms with Crippen LogP contribution < -0.4 is 0 Å². The van der Waals surface area contributed by atoms with Gasteiger partial charge in [-0.05, 0) is 23.8 Å². The van der Waals surface area contributed by atoms with Gasteiger partial charge in [-0.2, -0.15) is 0 Å². The minimum Gasteiger partial charge on any atom is -0.0776 e. The maximum absolute atomic E-state index is 2.28. The van der Waals surface area contributed by atoms with Gasteiger partial charge in [0, 0.05) is 0 Å². The van der Waals surface area contributed by atoms with Crippen molar-refractivity contribution in [3.63, 3.8) is 0 Å². The van der Waals surface area contributed by atoms with Gasteiger partial charge < -0.3 is 0 Å². The lowest BCUT2D eigenvalue weighted by Gasteiger charge is -2.06. The molecule has 0 radical (unpaired) electrons. The molecule has 0 aliphatic carbocycles. The molecule has 1 atom stereocenters. The lowest BCUT2D eigenvalue weighted by atomic mass is 9.99. The lowest BCUT2D eigenvalue weighted by Crippen LogP contribution is -1.88. The summed E-state index contributed by atoms with van der Waals surface area (Å²) < 4.78 is 0. The Balaban J connectivity index is -0.000000250. The second kappa shape index (κ2) is 14.3. The summed E-state index contributed by atoms with van der Waals surface area (Å²) in [7, 11) is 0. The van der Waals surface area contributed by atoms with Crippen molar-refractivity contribution in [3.8, 4) is 0 Å². The monoisotopic (exact) mass is 252 g/mol. The maximum atomic E-state index is 2.28. The van der Waals surface area contributed by atoms with E-state index in [9.17, 15) is 0 Å². The molecular weight excluding hydrogens is 216 g/mol. The van der Waals surface area contributed by atoms with Crippen LogP contribution in [0.3, 0.4) is 0 Å². The van der Waals surface area contributed by atoms with Crippen LogP contribution in [-0.2, 0) is 0 Å². The van der Waals surface area contributed by atoms with Crippen molar-refractivity contribution < 1.29 is 0 Å². The first kappa shape index (κ1) is 22.4. The Kier molecular flexibility index (Phi) is 17.8. The molecule has 0 heteroatoms. The quantitative estimate of drug-likeness (QED) is 0.546. The normalized spacial score (nSPS) is 10.6. The van der Waals surface area contributed by atoms with Gasteiger partial charge in [-0.15, -0.1) is 0 Å². The lowest BCUT2D eigenvalue weighted by molar-refractivity contribution is 0.544. The highest BCUT2D eigenvalue weighted by Gasteiger charge is 1.98. The molecule has 0 fully saturated rings. The molecule has 0 saturated heterocycles. The third kappa shape index (κ3) is 10.4. The molecule has 0 saturated carbocycles. The summed E-state index contributed by atoms with van der Waals surface area (Å²) in [6, 6.07) is 10.6. The van der Waals surface area contributed by atoms with Gasteiger partial charge in [0.05, 0.1) is 0 Å². The predicted molar refractivity (Wildman–Crippen MR) is 88.4 cm³/mol. The second-order valence-electron chi connectivity index (χ2n) is 4.64. The first-order valence-corrected chi connectivity index (χ1v) is 6.70. The molecule has 18 heavy (non-hydrogen) atoms. The number of hydrogen-bond acceptors (Lipinski definition) is 0. The van der Waals surface area contributed by atoms with Gasteiger partial charge in [-0.1, -0.05) is 92.6 Å². The molecule has 1 rings (SSSR count). The Hall–Kier alpha value is -0.780. The molecule has 0 amide bonds. The molecule has 0 N–H and O–H groups in total. The van der Waals surface area contributed by atoms with Crippen LogP contribution in [0.2, 0.25) is 0 Å². The summed E-state index contributed by atoms with van der Waals surface area (Å²) in [5.41, 5.74) is 1.45. The van der Waals surface area contributed by atoms with Crippen molar-refractivity contribution in [1.82, 2.24) is 0 Å². The molecule has 1 unspecified atom stereocenters. The van der Waals surface area contributed by atoms with E-state index in [0.717, 1.165) is 5.92 Å². The minimum absolute atomic E-state index is 0. The average Bonchev–Trinajstić information content (AvgIpc) is 2.38. The Bertz CT molecular complexity index is 233. The van der Waals surface area contributed by atoms with E-state index in [-0.39, 0.29) is 14.9 Å². The van der Waals surface area contributed by atoms with E-state index in [1.165, 1.54) is 24.8 Å². The van der Waals surface area contributed by atoms with Crippen LogP contribution in [0.4, 0.5) is 0 Å². The van der Waals surface area contributed by atoms with Crippen LogP contribution in [0.25, 0.3) is 0 Å². The molecule has 108 valence electrons. The number of rotatable bonds is 4. The van der Waals surface area contributed by atoms with Gasteiger partial charge in [0.1, 0.15) is 0 Å². The fraction of sp³-hybridized carbons (Fsp3) is 0.667. The first-order valence-electron chi connectivity index (χ1n) is 6.70. The highest BCUT2D eigenvalue weighted by atomic mass is 14.0. The van der Waals surface area contributed by atoms with Crippen LogP contribution in [0.1, 0.15) is 80.2 Å². The number of hydrogen-bond donors (Lipinski definition) is 0. The molecule has 0 aliphatic heterocycles. The van der Waals surface area contributed by atoms with Crippen LogP contribution in [-0.4, -0.2) is 0 Å². The highest BCUT2D eigenvalue weighted by Crippen LogP contribution is 2.16. The summed E-state index contributed by atoms with van der Waals surface area (Å²) in [5, 5.41) is 0. The molecule has 1 aromatic rings. The van der Waals surface area contributed by atoms with Gasteiger partial charge in [0.25, 0.3) is 0 Å². The van der Waals surface area contributed by atoms with Gasteiger partial charge in [-0.25, -0.2) is 0 Å². The second-order valence-corrected chi connectivity index (χ2v) is 4.64. The summed E-state index contributed by atoms with van der Waals surface area (Å²) in [6.45, 7) is 11.2. The minimum atomic E-state index is 0. The Morgan fingerprint density at radius 3 is 1.50 bits per heavy atom. The Morgan fingerprint density at radius 1 is 0.778 bits per heavy atom. The first-order chi connectivity index (χ1) is 7.65. The van der Waals surface area contributed by atoms with Gasteiger partial charge >= 0.3 is 0 Å². The fourth-order valence-corrected chi connectivity index (χ4v) is 1.31. The topological polar surface area (TPSA) is 0 Å². The summed E-state index contributed by atoms with van der Waals surface area (Å²) in [6.07, 6.45) is 3.89. The van der Waals surface area contributed by atoms with E-state index >= 15 is 0 Å². The fourth-order valence-electron chi connectivity index (χ4n) is 1.31. The zero-order chi connectivity index (χ0) is 12.4. The zero-order valence-electron chi connectivity index (χ0n) is 11.7. The molecular formula is C18H36. The van der Waals surface area contributed by atoms with E-state index < -0.39 is 0 Å². The van der Waals surface area contributed by atoms with Crippen molar-refractivity contribution in [2.24, 2.45) is 5.92 Å². The molecule has 0 heterocycles. The van der Waals surface area contributed by atoms with E-state index in [1.54, 1.807) is 0 Å². The third-order valence-corrected chi connectivity index (χ3v) is 3.37. The van der Waals surface area contributed by atoms with E-state index in [2.05, 4.69) is 65.0 Å². The number of benzene rings is 1. The smallest absolute Gasteiger partial charge is 0.0193 e. The van der Waals surface area contributed by atoms with Crippen molar-refractivity contribution in [2.45, 2.75) is 74.7 Å². The van der Waals surface area contributed by atoms with Crippen molar-refractivity contribution >= 4 is 0 Å². The van der Waals surface area contributed by atoms with Crippen LogP contribution in [0.5, 0.6) is 0 Å². The highest BCUT2D eigenvalue weighted by molar-refractivity contribution is 5.18. The Labute approximate surface area is 117 Å². The molecule has 1 aromatic carbocycles. The molecule has 0 spiro atoms. The molecule has 0 aliphatic rings. The van der Waals surface area contributed by atoms with Crippen LogP contribution >= 0.6 is 0 Å². The van der Waals surface area contributed by atoms with E-state index in [0.29, 0.717) is 5.92 Å². The van der Waals surface area contributed by atoms with Crippen LogP contribution in [0, 0.1) is 5.92 Å². The largest absolute Gasteiger partial charge is 0.0776 e. The third-order valence-electron chi connectivity index (χ3n) is 3.37. The molecule has 0 bridgehead atoms. The SMILES string of the molecule is C.C.CCC(C)CC.CCC(C)c1ccccc1. The molecule has 0 nitrogen and oxygen atoms in total. The van der Waals surface area contributed by atoms with Gasteiger partial charge in [-0.3, -0.25) is 0 Å². The van der Waals surface area contributed by atoms with Crippen molar-refractivity contribution in [1.29, 1.82) is 0 Å². The average molecular weight is 252 g/mol. The Morgan fingerprint density at radius 2 is 1.22 bits per heavy atom. The van der Waals surface area contributed by atoms with Crippen LogP contribution in [0.15, 0.2) is 30.3 Å². The summed E-state index contributed by atoms with van der Waals surface area (Å²) in [5.74, 6) is 1.64. The summed E-state index contributed by atoms with van der Waals surface area (Å²) in [4.78, 5) is 0. The van der Waals surface area contributed by atoms with Crippen molar-refractivity contribution in [3.05, 3.63) is 35.9 Å². The van der Waals surface area contributed by atoms with E-state index in [4.69, 9.17) is 0 Å². The standard InChI is InChI=1S/C10H14.C6H14.2CH4/c1-3-9(2)10-7-5-4-6-8-10;1-4-6(3)5-2;;/h4-9H,3H2,1-2H3;6H,4-5H2,1-3H3;2*1H4. The maximum Gasteiger partial charge on any atom is -0.0193 e.